The Morgan fingerprint density at radius 3 is 2.53 bits per heavy atom. The van der Waals surface area contributed by atoms with Crippen molar-refractivity contribution in [2.75, 3.05) is 7.11 Å². The molecule has 2 rings (SSSR count). The van der Waals surface area contributed by atoms with Crippen molar-refractivity contribution < 1.29 is 4.74 Å². The second kappa shape index (κ2) is 5.89. The molecule has 0 amide bonds. The first kappa shape index (κ1) is 13.6. The SMILES string of the molecule is COc1ccc(-c2nc(CNC(C)C)[nH]c2C)cc1. The van der Waals surface area contributed by atoms with E-state index in [0.29, 0.717) is 6.04 Å². The lowest BCUT2D eigenvalue weighted by Gasteiger charge is -2.04. The van der Waals surface area contributed by atoms with Crippen molar-refractivity contribution in [1.29, 1.82) is 0 Å². The maximum Gasteiger partial charge on any atom is 0.121 e. The van der Waals surface area contributed by atoms with E-state index in [2.05, 4.69) is 29.1 Å². The highest BCUT2D eigenvalue weighted by atomic mass is 16.5. The van der Waals surface area contributed by atoms with Crippen molar-refractivity contribution in [1.82, 2.24) is 15.3 Å². The average molecular weight is 259 g/mol. The van der Waals surface area contributed by atoms with E-state index in [-0.39, 0.29) is 0 Å². The van der Waals surface area contributed by atoms with Crippen molar-refractivity contribution in [2.24, 2.45) is 0 Å². The van der Waals surface area contributed by atoms with Crippen LogP contribution in [0.5, 0.6) is 5.75 Å². The Labute approximate surface area is 114 Å². The molecular weight excluding hydrogens is 238 g/mol. The lowest BCUT2D eigenvalue weighted by Crippen LogP contribution is -2.22. The van der Waals surface area contributed by atoms with Gasteiger partial charge in [-0.1, -0.05) is 13.8 Å². The number of imidazole rings is 1. The second-order valence-corrected chi connectivity index (χ2v) is 4.92. The smallest absolute Gasteiger partial charge is 0.121 e. The summed E-state index contributed by atoms with van der Waals surface area (Å²) in [7, 11) is 1.67. The third kappa shape index (κ3) is 3.35. The minimum Gasteiger partial charge on any atom is -0.497 e. The molecule has 2 N–H and O–H groups in total. The number of nitrogens with zero attached hydrogens (tertiary/aromatic N) is 1. The van der Waals surface area contributed by atoms with Gasteiger partial charge in [-0.25, -0.2) is 4.98 Å². The Morgan fingerprint density at radius 1 is 1.26 bits per heavy atom. The van der Waals surface area contributed by atoms with Crippen LogP contribution in [0.25, 0.3) is 11.3 Å². The van der Waals surface area contributed by atoms with E-state index in [1.165, 1.54) is 0 Å². The van der Waals surface area contributed by atoms with Gasteiger partial charge in [0.05, 0.1) is 19.3 Å². The monoisotopic (exact) mass is 259 g/mol. The quantitative estimate of drug-likeness (QED) is 0.868. The molecule has 1 aromatic carbocycles. The third-order valence-electron chi connectivity index (χ3n) is 2.97. The molecule has 0 aliphatic carbocycles. The summed E-state index contributed by atoms with van der Waals surface area (Å²) in [5.41, 5.74) is 3.19. The summed E-state index contributed by atoms with van der Waals surface area (Å²) >= 11 is 0. The number of aryl methyl sites for hydroxylation is 1. The highest BCUT2D eigenvalue weighted by Crippen LogP contribution is 2.23. The number of benzene rings is 1. The van der Waals surface area contributed by atoms with Gasteiger partial charge in [0.15, 0.2) is 0 Å². The Bertz CT molecular complexity index is 529. The molecule has 1 heterocycles. The zero-order chi connectivity index (χ0) is 13.8. The van der Waals surface area contributed by atoms with Gasteiger partial charge >= 0.3 is 0 Å². The molecule has 1 aromatic heterocycles. The van der Waals surface area contributed by atoms with Gasteiger partial charge in [-0.15, -0.1) is 0 Å². The minimum atomic E-state index is 0.454. The Kier molecular flexibility index (Phi) is 4.22. The molecule has 19 heavy (non-hydrogen) atoms. The molecule has 0 saturated carbocycles. The number of H-pyrrole nitrogens is 1. The second-order valence-electron chi connectivity index (χ2n) is 4.92. The van der Waals surface area contributed by atoms with Crippen molar-refractivity contribution in [3.8, 4) is 17.0 Å². The van der Waals surface area contributed by atoms with Crippen LogP contribution in [0.3, 0.4) is 0 Å². The van der Waals surface area contributed by atoms with Crippen LogP contribution in [0.1, 0.15) is 25.4 Å². The number of methoxy groups -OCH3 is 1. The van der Waals surface area contributed by atoms with E-state index in [9.17, 15) is 0 Å². The zero-order valence-corrected chi connectivity index (χ0v) is 11.9. The summed E-state index contributed by atoms with van der Waals surface area (Å²) in [5, 5.41) is 3.36. The predicted molar refractivity (Wildman–Crippen MR) is 77.3 cm³/mol. The minimum absolute atomic E-state index is 0.454. The highest BCUT2D eigenvalue weighted by Gasteiger charge is 2.09. The highest BCUT2D eigenvalue weighted by molar-refractivity contribution is 5.62. The first-order chi connectivity index (χ1) is 9.10. The third-order valence-corrected chi connectivity index (χ3v) is 2.97. The summed E-state index contributed by atoms with van der Waals surface area (Å²) in [5.74, 6) is 1.83. The molecule has 0 atom stereocenters. The van der Waals surface area contributed by atoms with Gasteiger partial charge in [0.25, 0.3) is 0 Å². The van der Waals surface area contributed by atoms with E-state index in [1.807, 2.05) is 31.2 Å². The van der Waals surface area contributed by atoms with Gasteiger partial charge in [-0.3, -0.25) is 0 Å². The number of ether oxygens (including phenoxy) is 1. The normalized spacial score (nSPS) is 11.0. The van der Waals surface area contributed by atoms with E-state index in [4.69, 9.17) is 4.74 Å². The molecule has 0 bridgehead atoms. The first-order valence-electron chi connectivity index (χ1n) is 6.53. The number of nitrogens with one attached hydrogen (secondary N) is 2. The molecule has 0 fully saturated rings. The molecule has 4 nitrogen and oxygen atoms in total. The van der Waals surface area contributed by atoms with E-state index in [0.717, 1.165) is 35.1 Å². The van der Waals surface area contributed by atoms with Crippen LogP contribution in [0, 0.1) is 6.92 Å². The fraction of sp³-hybridized carbons (Fsp3) is 0.400. The van der Waals surface area contributed by atoms with Gasteiger partial charge in [0.1, 0.15) is 11.6 Å². The van der Waals surface area contributed by atoms with Crippen LogP contribution in [-0.4, -0.2) is 23.1 Å². The van der Waals surface area contributed by atoms with E-state index in [1.54, 1.807) is 7.11 Å². The van der Waals surface area contributed by atoms with Crippen molar-refractivity contribution in [3.05, 3.63) is 35.8 Å². The average Bonchev–Trinajstić information content (AvgIpc) is 2.78. The molecule has 4 heteroatoms. The number of aromatic nitrogens is 2. The molecular formula is C15H21N3O. The summed E-state index contributed by atoms with van der Waals surface area (Å²) in [6.07, 6.45) is 0. The van der Waals surface area contributed by atoms with Crippen LogP contribution in [0.2, 0.25) is 0 Å². The Balaban J connectivity index is 2.19. The molecule has 0 unspecified atom stereocenters. The lowest BCUT2D eigenvalue weighted by atomic mass is 10.1. The van der Waals surface area contributed by atoms with Gasteiger partial charge in [0.2, 0.25) is 0 Å². The lowest BCUT2D eigenvalue weighted by molar-refractivity contribution is 0.415. The molecule has 0 radical (unpaired) electrons. The summed E-state index contributed by atoms with van der Waals surface area (Å²) in [4.78, 5) is 7.97. The first-order valence-corrected chi connectivity index (χ1v) is 6.53. The van der Waals surface area contributed by atoms with Gasteiger partial charge in [-0.2, -0.15) is 0 Å². The van der Waals surface area contributed by atoms with Crippen LogP contribution >= 0.6 is 0 Å². The summed E-state index contributed by atoms with van der Waals surface area (Å²) in [6, 6.07) is 8.42. The van der Waals surface area contributed by atoms with Gasteiger partial charge < -0.3 is 15.0 Å². The number of hydrogen-bond donors (Lipinski definition) is 2. The Morgan fingerprint density at radius 2 is 1.95 bits per heavy atom. The molecule has 102 valence electrons. The fourth-order valence-electron chi connectivity index (χ4n) is 1.94. The Hall–Kier alpha value is -1.81. The largest absolute Gasteiger partial charge is 0.497 e. The van der Waals surface area contributed by atoms with E-state index >= 15 is 0 Å². The maximum atomic E-state index is 5.17. The van der Waals surface area contributed by atoms with Crippen molar-refractivity contribution in [3.63, 3.8) is 0 Å². The van der Waals surface area contributed by atoms with Gasteiger partial charge in [0, 0.05) is 17.3 Å². The van der Waals surface area contributed by atoms with Crippen LogP contribution in [-0.2, 0) is 6.54 Å². The van der Waals surface area contributed by atoms with Crippen molar-refractivity contribution in [2.45, 2.75) is 33.4 Å². The zero-order valence-electron chi connectivity index (χ0n) is 11.9. The van der Waals surface area contributed by atoms with Gasteiger partial charge in [-0.05, 0) is 31.2 Å². The molecule has 0 spiro atoms. The summed E-state index contributed by atoms with van der Waals surface area (Å²) in [6.45, 7) is 7.06. The number of aromatic amines is 1. The molecule has 0 aliphatic rings. The van der Waals surface area contributed by atoms with Crippen LogP contribution in [0.15, 0.2) is 24.3 Å². The number of hydrogen-bond acceptors (Lipinski definition) is 3. The maximum absolute atomic E-state index is 5.17. The molecule has 0 aliphatic heterocycles. The molecule has 2 aromatic rings. The standard InChI is InChI=1S/C15H21N3O/c1-10(2)16-9-14-17-11(3)15(18-14)12-5-7-13(19-4)8-6-12/h5-8,10,16H,9H2,1-4H3,(H,17,18). The topological polar surface area (TPSA) is 49.9 Å². The fourth-order valence-corrected chi connectivity index (χ4v) is 1.94. The number of rotatable bonds is 5. The van der Waals surface area contributed by atoms with E-state index < -0.39 is 0 Å². The molecule has 0 saturated heterocycles. The van der Waals surface area contributed by atoms with Crippen molar-refractivity contribution >= 4 is 0 Å². The van der Waals surface area contributed by atoms with Crippen LogP contribution < -0.4 is 10.1 Å². The summed E-state index contributed by atoms with van der Waals surface area (Å²) < 4.78 is 5.17. The van der Waals surface area contributed by atoms with Crippen LogP contribution in [0.4, 0.5) is 0 Å². The predicted octanol–water partition coefficient (Wildman–Crippen LogP) is 2.89.